The molecule has 0 atom stereocenters. The Bertz CT molecular complexity index is 1020. The van der Waals surface area contributed by atoms with E-state index in [1.807, 2.05) is 36.7 Å². The molecule has 1 aromatic carbocycles. The number of hydrogen-bond donors (Lipinski definition) is 1. The van der Waals surface area contributed by atoms with Gasteiger partial charge in [0, 0.05) is 48.0 Å². The zero-order chi connectivity index (χ0) is 21.8. The number of nitrogens with zero attached hydrogens (tertiary/aromatic N) is 2. The van der Waals surface area contributed by atoms with Crippen LogP contribution in [0.15, 0.2) is 52.6 Å². The van der Waals surface area contributed by atoms with Crippen LogP contribution in [0.1, 0.15) is 54.6 Å². The van der Waals surface area contributed by atoms with Crippen molar-refractivity contribution in [2.45, 2.75) is 63.5 Å². The summed E-state index contributed by atoms with van der Waals surface area (Å²) in [7, 11) is 0. The molecule has 0 bridgehead atoms. The summed E-state index contributed by atoms with van der Waals surface area (Å²) in [4.78, 5) is 16.9. The van der Waals surface area contributed by atoms with E-state index in [2.05, 4.69) is 48.6 Å². The number of benzene rings is 1. The van der Waals surface area contributed by atoms with Crippen molar-refractivity contribution in [2.75, 3.05) is 0 Å². The quantitative estimate of drug-likeness (QED) is 0.481. The molecule has 0 aliphatic carbocycles. The van der Waals surface area contributed by atoms with E-state index in [-0.39, 0.29) is 5.91 Å². The number of aromatic nitrogens is 2. The molecule has 0 saturated heterocycles. The molecule has 0 spiro atoms. The van der Waals surface area contributed by atoms with Gasteiger partial charge in [0.2, 0.25) is 5.91 Å². The second-order valence-corrected chi connectivity index (χ2v) is 9.35. The SMILES string of the molecule is CC(=O)NCc1c(C(C)C)c(Sc2cc(C)cc(Cl)c2)n(Cc2ccncc2)c1C. The molecule has 3 aromatic rings. The molecule has 3 rings (SSSR count). The molecule has 2 aromatic heterocycles. The van der Waals surface area contributed by atoms with Gasteiger partial charge in [-0.25, -0.2) is 0 Å². The Morgan fingerprint density at radius 3 is 2.50 bits per heavy atom. The van der Waals surface area contributed by atoms with Gasteiger partial charge in [0.1, 0.15) is 0 Å². The summed E-state index contributed by atoms with van der Waals surface area (Å²) in [6.07, 6.45) is 3.64. The van der Waals surface area contributed by atoms with Crippen LogP contribution >= 0.6 is 23.4 Å². The van der Waals surface area contributed by atoms with E-state index >= 15 is 0 Å². The maximum atomic E-state index is 11.6. The van der Waals surface area contributed by atoms with Crippen LogP contribution in [0.2, 0.25) is 5.02 Å². The van der Waals surface area contributed by atoms with Crippen LogP contribution in [0, 0.1) is 13.8 Å². The number of amides is 1. The summed E-state index contributed by atoms with van der Waals surface area (Å²) in [5, 5.41) is 4.93. The topological polar surface area (TPSA) is 46.9 Å². The van der Waals surface area contributed by atoms with Crippen LogP contribution in [0.3, 0.4) is 0 Å². The van der Waals surface area contributed by atoms with Gasteiger partial charge in [0.15, 0.2) is 0 Å². The highest BCUT2D eigenvalue weighted by molar-refractivity contribution is 7.99. The van der Waals surface area contributed by atoms with Crippen molar-refractivity contribution in [1.82, 2.24) is 14.9 Å². The maximum Gasteiger partial charge on any atom is 0.217 e. The number of aryl methyl sites for hydroxylation is 1. The molecule has 0 aliphatic heterocycles. The van der Waals surface area contributed by atoms with Gasteiger partial charge in [-0.3, -0.25) is 9.78 Å². The molecule has 0 radical (unpaired) electrons. The monoisotopic (exact) mass is 441 g/mol. The van der Waals surface area contributed by atoms with Gasteiger partial charge >= 0.3 is 0 Å². The van der Waals surface area contributed by atoms with Gasteiger partial charge < -0.3 is 9.88 Å². The molecule has 0 fully saturated rings. The van der Waals surface area contributed by atoms with E-state index in [0.717, 1.165) is 22.0 Å². The Labute approximate surface area is 188 Å². The molecule has 1 amide bonds. The molecule has 0 aliphatic rings. The summed E-state index contributed by atoms with van der Waals surface area (Å²) in [5.41, 5.74) is 5.96. The van der Waals surface area contributed by atoms with Crippen LogP contribution in [0.5, 0.6) is 0 Å². The van der Waals surface area contributed by atoms with Crippen molar-refractivity contribution in [3.63, 3.8) is 0 Å². The van der Waals surface area contributed by atoms with E-state index < -0.39 is 0 Å². The molecule has 158 valence electrons. The normalized spacial score (nSPS) is 11.2. The van der Waals surface area contributed by atoms with E-state index in [1.54, 1.807) is 18.7 Å². The number of carbonyl (C=O) groups is 1. The van der Waals surface area contributed by atoms with Gasteiger partial charge in [-0.1, -0.05) is 37.2 Å². The Hall–Kier alpha value is -2.24. The van der Waals surface area contributed by atoms with E-state index in [1.165, 1.54) is 27.4 Å². The van der Waals surface area contributed by atoms with Crippen molar-refractivity contribution in [3.05, 3.63) is 75.7 Å². The minimum Gasteiger partial charge on any atom is -0.352 e. The predicted octanol–water partition coefficient (Wildman–Crippen LogP) is 6.11. The molecule has 0 saturated carbocycles. The smallest absolute Gasteiger partial charge is 0.217 e. The minimum absolute atomic E-state index is 0.0225. The first-order valence-corrected chi connectivity index (χ1v) is 11.3. The molecular weight excluding hydrogens is 414 g/mol. The van der Waals surface area contributed by atoms with Crippen LogP contribution in [0.4, 0.5) is 0 Å². The molecule has 2 heterocycles. The first-order chi connectivity index (χ1) is 14.3. The Balaban J connectivity index is 2.14. The van der Waals surface area contributed by atoms with Crippen LogP contribution in [-0.2, 0) is 17.9 Å². The van der Waals surface area contributed by atoms with E-state index in [4.69, 9.17) is 11.6 Å². The van der Waals surface area contributed by atoms with Gasteiger partial charge in [-0.2, -0.15) is 0 Å². The van der Waals surface area contributed by atoms with Gasteiger partial charge in [-0.05, 0) is 72.4 Å². The van der Waals surface area contributed by atoms with Crippen LogP contribution < -0.4 is 5.32 Å². The highest BCUT2D eigenvalue weighted by Gasteiger charge is 2.23. The largest absolute Gasteiger partial charge is 0.352 e. The Morgan fingerprint density at radius 2 is 1.90 bits per heavy atom. The van der Waals surface area contributed by atoms with Crippen molar-refractivity contribution >= 4 is 29.3 Å². The summed E-state index contributed by atoms with van der Waals surface area (Å²) < 4.78 is 2.35. The molecule has 4 nitrogen and oxygen atoms in total. The van der Waals surface area contributed by atoms with Crippen LogP contribution in [-0.4, -0.2) is 15.5 Å². The van der Waals surface area contributed by atoms with Crippen molar-refractivity contribution in [2.24, 2.45) is 0 Å². The summed E-state index contributed by atoms with van der Waals surface area (Å²) >= 11 is 8.07. The zero-order valence-corrected chi connectivity index (χ0v) is 19.7. The average molecular weight is 442 g/mol. The number of hydrogen-bond acceptors (Lipinski definition) is 3. The highest BCUT2D eigenvalue weighted by Crippen LogP contribution is 2.40. The standard InChI is InChI=1S/C24H28ClN3OS/c1-15(2)23-22(13-27-18(5)29)17(4)28(14-19-6-8-26-9-7-19)24(23)30-21-11-16(3)10-20(25)12-21/h6-12,15H,13-14H2,1-5H3,(H,27,29). The van der Waals surface area contributed by atoms with E-state index in [0.29, 0.717) is 12.5 Å². The average Bonchev–Trinajstić information content (AvgIpc) is 2.92. The molecule has 30 heavy (non-hydrogen) atoms. The lowest BCUT2D eigenvalue weighted by Gasteiger charge is -2.15. The first-order valence-electron chi connectivity index (χ1n) is 10.1. The molecule has 6 heteroatoms. The fraction of sp³-hybridized carbons (Fsp3) is 0.333. The number of nitrogens with one attached hydrogen (secondary N) is 1. The predicted molar refractivity (Wildman–Crippen MR) is 124 cm³/mol. The summed E-state index contributed by atoms with van der Waals surface area (Å²) in [6, 6.07) is 10.2. The summed E-state index contributed by atoms with van der Waals surface area (Å²) in [6.45, 7) is 11.4. The maximum absolute atomic E-state index is 11.6. The lowest BCUT2D eigenvalue weighted by molar-refractivity contribution is -0.119. The second kappa shape index (κ2) is 9.71. The van der Waals surface area contributed by atoms with Crippen molar-refractivity contribution in [1.29, 1.82) is 0 Å². The van der Waals surface area contributed by atoms with Crippen molar-refractivity contribution in [3.8, 4) is 0 Å². The van der Waals surface area contributed by atoms with E-state index in [9.17, 15) is 4.79 Å². The van der Waals surface area contributed by atoms with Gasteiger partial charge in [0.05, 0.1) is 5.03 Å². The van der Waals surface area contributed by atoms with Gasteiger partial charge in [-0.15, -0.1) is 0 Å². The third kappa shape index (κ3) is 5.27. The number of halogens is 1. The first kappa shape index (κ1) is 22.4. The highest BCUT2D eigenvalue weighted by atomic mass is 35.5. The summed E-state index contributed by atoms with van der Waals surface area (Å²) in [5.74, 6) is 0.291. The second-order valence-electron chi connectivity index (χ2n) is 7.86. The Morgan fingerprint density at radius 1 is 1.20 bits per heavy atom. The lowest BCUT2D eigenvalue weighted by Crippen LogP contribution is -2.20. The number of rotatable bonds is 7. The zero-order valence-electron chi connectivity index (χ0n) is 18.1. The van der Waals surface area contributed by atoms with Crippen molar-refractivity contribution < 1.29 is 4.79 Å². The molecule has 0 unspecified atom stereocenters. The number of carbonyl (C=O) groups excluding carboxylic acids is 1. The minimum atomic E-state index is -0.0225. The van der Waals surface area contributed by atoms with Gasteiger partial charge in [0.25, 0.3) is 0 Å². The lowest BCUT2D eigenvalue weighted by atomic mass is 10.0. The number of pyridine rings is 1. The molecular formula is C24H28ClN3OS. The Kier molecular flexibility index (Phi) is 7.27. The fourth-order valence-electron chi connectivity index (χ4n) is 3.66. The molecule has 1 N–H and O–H groups in total. The third-order valence-electron chi connectivity index (χ3n) is 5.05. The van der Waals surface area contributed by atoms with Crippen LogP contribution in [0.25, 0.3) is 0 Å². The fourth-order valence-corrected chi connectivity index (χ4v) is 5.45. The third-order valence-corrected chi connectivity index (χ3v) is 6.38.